The quantitative estimate of drug-likeness (QED) is 0.652. The Morgan fingerprint density at radius 3 is 2.53 bits per heavy atom. The van der Waals surface area contributed by atoms with Gasteiger partial charge in [-0.3, -0.25) is 0 Å². The van der Waals surface area contributed by atoms with Crippen molar-refractivity contribution in [3.05, 3.63) is 0 Å². The van der Waals surface area contributed by atoms with Crippen LogP contribution in [0.3, 0.4) is 0 Å². The van der Waals surface area contributed by atoms with Gasteiger partial charge >= 0.3 is 0 Å². The molecule has 6 nitrogen and oxygen atoms in total. The summed E-state index contributed by atoms with van der Waals surface area (Å²) in [5.74, 6) is 0. The van der Waals surface area contributed by atoms with Crippen molar-refractivity contribution in [3.63, 3.8) is 0 Å². The van der Waals surface area contributed by atoms with E-state index in [1.807, 2.05) is 0 Å². The van der Waals surface area contributed by atoms with Crippen LogP contribution < -0.4 is 5.73 Å². The van der Waals surface area contributed by atoms with Gasteiger partial charge in [-0.25, -0.2) is 12.7 Å². The fourth-order valence-corrected chi connectivity index (χ4v) is 3.32. The summed E-state index contributed by atoms with van der Waals surface area (Å²) in [5, 5.41) is 8.11. The van der Waals surface area contributed by atoms with Crippen LogP contribution in [0.15, 0.2) is 0 Å². The highest BCUT2D eigenvalue weighted by Crippen LogP contribution is 2.18. The largest absolute Gasteiger partial charge is 0.394 e. The van der Waals surface area contributed by atoms with Crippen molar-refractivity contribution in [3.8, 4) is 0 Å². The van der Waals surface area contributed by atoms with Gasteiger partial charge in [0.1, 0.15) is 0 Å². The smallest absolute Gasteiger partial charge is 0.217 e. The van der Waals surface area contributed by atoms with Gasteiger partial charge in [-0.05, 0) is 19.8 Å². The van der Waals surface area contributed by atoms with Crippen LogP contribution in [0.2, 0.25) is 0 Å². The molecule has 17 heavy (non-hydrogen) atoms. The lowest BCUT2D eigenvalue weighted by Crippen LogP contribution is -2.46. The first-order valence-electron chi connectivity index (χ1n) is 5.94. The van der Waals surface area contributed by atoms with E-state index < -0.39 is 15.3 Å². The number of nitrogens with two attached hydrogens (primary N) is 1. The molecule has 1 unspecified atom stereocenters. The van der Waals surface area contributed by atoms with Crippen LogP contribution in [-0.2, 0) is 14.8 Å². The third-order valence-electron chi connectivity index (χ3n) is 3.05. The molecule has 1 fully saturated rings. The number of aliphatic hydroxyl groups excluding tert-OH is 1. The molecule has 1 aliphatic heterocycles. The highest BCUT2D eigenvalue weighted by atomic mass is 32.2. The van der Waals surface area contributed by atoms with E-state index in [-0.39, 0.29) is 19.3 Å². The zero-order valence-electron chi connectivity index (χ0n) is 10.2. The van der Waals surface area contributed by atoms with Crippen LogP contribution in [0.4, 0.5) is 0 Å². The number of nitrogens with zero attached hydrogens (tertiary/aromatic N) is 1. The van der Waals surface area contributed by atoms with Crippen molar-refractivity contribution >= 4 is 10.0 Å². The molecule has 0 aliphatic carbocycles. The first-order chi connectivity index (χ1) is 8.02. The maximum atomic E-state index is 12.0. The zero-order valence-corrected chi connectivity index (χ0v) is 11.0. The average Bonchev–Trinajstić information content (AvgIpc) is 2.35. The molecule has 0 saturated carbocycles. The molecule has 1 saturated heterocycles. The van der Waals surface area contributed by atoms with Crippen LogP contribution >= 0.6 is 0 Å². The van der Waals surface area contributed by atoms with E-state index in [4.69, 9.17) is 15.6 Å². The van der Waals surface area contributed by atoms with Crippen molar-refractivity contribution in [2.75, 3.05) is 32.8 Å². The molecule has 0 radical (unpaired) electrons. The van der Waals surface area contributed by atoms with Crippen molar-refractivity contribution in [2.45, 2.75) is 31.1 Å². The number of rotatable bonds is 6. The van der Waals surface area contributed by atoms with Gasteiger partial charge < -0.3 is 15.6 Å². The summed E-state index contributed by atoms with van der Waals surface area (Å²) in [6.45, 7) is 3.04. The fraction of sp³-hybridized carbons (Fsp3) is 1.00. The lowest BCUT2D eigenvalue weighted by Gasteiger charge is -2.32. The Labute approximate surface area is 103 Å². The Kier molecular flexibility index (Phi) is 5.81. The SMILES string of the molecule is CC(CN)S(=O)(=O)N1CCC(OCCO)CC1. The Morgan fingerprint density at radius 2 is 2.06 bits per heavy atom. The van der Waals surface area contributed by atoms with Gasteiger partial charge in [-0.15, -0.1) is 0 Å². The maximum absolute atomic E-state index is 12.0. The average molecular weight is 266 g/mol. The molecular weight excluding hydrogens is 244 g/mol. The van der Waals surface area contributed by atoms with Crippen molar-refractivity contribution in [1.82, 2.24) is 4.31 Å². The van der Waals surface area contributed by atoms with E-state index in [0.29, 0.717) is 32.5 Å². The summed E-state index contributed by atoms with van der Waals surface area (Å²) in [6, 6.07) is 0. The number of sulfonamides is 1. The second kappa shape index (κ2) is 6.65. The van der Waals surface area contributed by atoms with Crippen LogP contribution in [0.5, 0.6) is 0 Å². The van der Waals surface area contributed by atoms with E-state index in [1.165, 1.54) is 4.31 Å². The molecule has 1 rings (SSSR count). The summed E-state index contributed by atoms with van der Waals surface area (Å²) in [6.07, 6.45) is 1.41. The zero-order chi connectivity index (χ0) is 12.9. The van der Waals surface area contributed by atoms with Gasteiger partial charge in [0.15, 0.2) is 0 Å². The summed E-state index contributed by atoms with van der Waals surface area (Å²) in [7, 11) is -3.25. The molecule has 0 aromatic heterocycles. The lowest BCUT2D eigenvalue weighted by atomic mass is 10.1. The predicted octanol–water partition coefficient (Wildman–Crippen LogP) is -0.863. The molecule has 0 spiro atoms. The molecule has 1 heterocycles. The minimum atomic E-state index is -3.25. The lowest BCUT2D eigenvalue weighted by molar-refractivity contribution is 0.00311. The van der Waals surface area contributed by atoms with E-state index in [0.717, 1.165) is 0 Å². The summed E-state index contributed by atoms with van der Waals surface area (Å²) < 4.78 is 30.9. The van der Waals surface area contributed by atoms with Crippen LogP contribution in [0, 0.1) is 0 Å². The highest BCUT2D eigenvalue weighted by Gasteiger charge is 2.31. The molecule has 3 N–H and O–H groups in total. The maximum Gasteiger partial charge on any atom is 0.217 e. The molecule has 0 aromatic rings. The van der Waals surface area contributed by atoms with E-state index in [9.17, 15) is 8.42 Å². The van der Waals surface area contributed by atoms with E-state index >= 15 is 0 Å². The highest BCUT2D eigenvalue weighted by molar-refractivity contribution is 7.89. The molecule has 1 atom stereocenters. The Hall–Kier alpha value is -0.210. The number of hydrogen-bond donors (Lipinski definition) is 2. The van der Waals surface area contributed by atoms with E-state index in [1.54, 1.807) is 6.92 Å². The van der Waals surface area contributed by atoms with Gasteiger partial charge in [-0.1, -0.05) is 0 Å². The molecule has 102 valence electrons. The summed E-state index contributed by atoms with van der Waals surface area (Å²) in [5.41, 5.74) is 5.40. The number of piperidine rings is 1. The molecule has 0 bridgehead atoms. The number of hydrogen-bond acceptors (Lipinski definition) is 5. The van der Waals surface area contributed by atoms with Gasteiger partial charge in [0, 0.05) is 19.6 Å². The second-order valence-electron chi connectivity index (χ2n) is 4.28. The topological polar surface area (TPSA) is 92.9 Å². The second-order valence-corrected chi connectivity index (χ2v) is 6.64. The van der Waals surface area contributed by atoms with Crippen molar-refractivity contribution in [2.24, 2.45) is 5.73 Å². The number of ether oxygens (including phenoxy) is 1. The van der Waals surface area contributed by atoms with Crippen LogP contribution in [-0.4, -0.2) is 62.0 Å². The summed E-state index contributed by atoms with van der Waals surface area (Å²) >= 11 is 0. The third-order valence-corrected chi connectivity index (χ3v) is 5.34. The Morgan fingerprint density at radius 1 is 1.47 bits per heavy atom. The monoisotopic (exact) mass is 266 g/mol. The summed E-state index contributed by atoms with van der Waals surface area (Å²) in [4.78, 5) is 0. The molecule has 0 amide bonds. The molecule has 1 aliphatic rings. The van der Waals surface area contributed by atoms with Crippen molar-refractivity contribution in [1.29, 1.82) is 0 Å². The van der Waals surface area contributed by atoms with Crippen LogP contribution in [0.25, 0.3) is 0 Å². The fourth-order valence-electron chi connectivity index (χ4n) is 1.85. The molecule has 7 heteroatoms. The minimum Gasteiger partial charge on any atom is -0.394 e. The molecular formula is C10H22N2O4S. The first kappa shape index (κ1) is 14.8. The van der Waals surface area contributed by atoms with Gasteiger partial charge in [0.25, 0.3) is 0 Å². The standard InChI is InChI=1S/C10H22N2O4S/c1-9(8-11)17(14,15)12-4-2-10(3-5-12)16-7-6-13/h9-10,13H,2-8,11H2,1H3. The van der Waals surface area contributed by atoms with Crippen LogP contribution in [0.1, 0.15) is 19.8 Å². The van der Waals surface area contributed by atoms with Gasteiger partial charge in [0.2, 0.25) is 10.0 Å². The Balaban J connectivity index is 2.46. The van der Waals surface area contributed by atoms with Gasteiger partial charge in [0.05, 0.1) is 24.6 Å². The normalized spacial score (nSPS) is 21.6. The Bertz CT molecular complexity index is 312. The van der Waals surface area contributed by atoms with Crippen molar-refractivity contribution < 1.29 is 18.3 Å². The molecule has 0 aromatic carbocycles. The minimum absolute atomic E-state index is 0.00270. The van der Waals surface area contributed by atoms with Gasteiger partial charge in [-0.2, -0.15) is 0 Å². The third kappa shape index (κ3) is 3.89. The first-order valence-corrected chi connectivity index (χ1v) is 7.44. The number of aliphatic hydroxyl groups is 1. The van der Waals surface area contributed by atoms with E-state index in [2.05, 4.69) is 0 Å². The predicted molar refractivity (Wildman–Crippen MR) is 65.1 cm³/mol.